The Morgan fingerprint density at radius 3 is 1.73 bits per heavy atom. The topological polar surface area (TPSA) is 51.6 Å². The van der Waals surface area contributed by atoms with Crippen LogP contribution in [0, 0.1) is 0 Å². The van der Waals surface area contributed by atoms with Gasteiger partial charge in [0.05, 0.1) is 34.9 Å². The Morgan fingerprint density at radius 1 is 0.615 bits per heavy atom. The highest BCUT2D eigenvalue weighted by Gasteiger charge is 2.43. The molecule has 0 spiro atoms. The molecule has 0 N–H and O–H groups in total. The summed E-state index contributed by atoms with van der Waals surface area (Å²) >= 11 is 0. The first-order valence-corrected chi connectivity index (χ1v) is 7.06. The smallest absolute Gasteiger partial charge is 0.166 e. The van der Waals surface area contributed by atoms with Crippen LogP contribution >= 0.6 is 0 Å². The van der Waals surface area contributed by atoms with Crippen LogP contribution in [0.5, 0.6) is 0 Å². The molecule has 0 aliphatic heterocycles. The van der Waals surface area contributed by atoms with Crippen LogP contribution in [0.4, 0.5) is 26.3 Å². The highest BCUT2D eigenvalue weighted by molar-refractivity contribution is 5.64. The van der Waals surface area contributed by atoms with Crippen LogP contribution in [0.1, 0.15) is 11.1 Å². The summed E-state index contributed by atoms with van der Waals surface area (Å²) in [7, 11) is 0. The molecule has 0 aliphatic carbocycles. The summed E-state index contributed by atoms with van der Waals surface area (Å²) < 4.78 is 77.5. The molecule has 4 nitrogen and oxygen atoms in total. The lowest BCUT2D eigenvalue weighted by atomic mass is 10.0. The number of aromatic nitrogens is 4. The first-order chi connectivity index (χ1) is 12.2. The molecule has 26 heavy (non-hydrogen) atoms. The minimum atomic E-state index is -5.16. The van der Waals surface area contributed by atoms with Gasteiger partial charge in [0.15, 0.2) is 0 Å². The van der Waals surface area contributed by atoms with Crippen molar-refractivity contribution >= 4 is 0 Å². The Balaban J connectivity index is 2.02. The number of alkyl halides is 6. The summed E-state index contributed by atoms with van der Waals surface area (Å²) in [5.74, 6) is 0. The third-order valence-corrected chi connectivity index (χ3v) is 3.47. The zero-order chi connectivity index (χ0) is 18.9. The Labute approximate surface area is 142 Å². The van der Waals surface area contributed by atoms with E-state index in [1.54, 1.807) is 6.07 Å². The Hall–Kier alpha value is -3.04. The third-order valence-electron chi connectivity index (χ3n) is 3.47. The van der Waals surface area contributed by atoms with Gasteiger partial charge in [0, 0.05) is 11.1 Å². The summed E-state index contributed by atoms with van der Waals surface area (Å²) in [4.78, 5) is 0. The summed E-state index contributed by atoms with van der Waals surface area (Å²) in [5.41, 5.74) is -2.66. The summed E-state index contributed by atoms with van der Waals surface area (Å²) in [5, 5.41) is 14.9. The van der Waals surface area contributed by atoms with Gasteiger partial charge in [0.1, 0.15) is 0 Å². The van der Waals surface area contributed by atoms with Gasteiger partial charge in [-0.15, -0.1) is 10.2 Å². The van der Waals surface area contributed by atoms with Crippen LogP contribution in [-0.4, -0.2) is 20.4 Å². The van der Waals surface area contributed by atoms with E-state index in [4.69, 9.17) is 0 Å². The number of hydrogen-bond donors (Lipinski definition) is 0. The zero-order valence-corrected chi connectivity index (χ0v) is 12.7. The monoisotopic (exact) mass is 370 g/mol. The molecule has 3 rings (SSSR count). The minimum Gasteiger partial charge on any atom is -0.166 e. The van der Waals surface area contributed by atoms with Gasteiger partial charge in [0.25, 0.3) is 0 Å². The van der Waals surface area contributed by atoms with Crippen molar-refractivity contribution in [1.29, 1.82) is 0 Å². The zero-order valence-electron chi connectivity index (χ0n) is 12.7. The van der Waals surface area contributed by atoms with Crippen molar-refractivity contribution in [2.24, 2.45) is 0 Å². The molecule has 2 aromatic heterocycles. The fraction of sp³-hybridized carbons (Fsp3) is 0.125. The van der Waals surface area contributed by atoms with Crippen molar-refractivity contribution in [3.8, 4) is 22.5 Å². The van der Waals surface area contributed by atoms with Gasteiger partial charge < -0.3 is 0 Å². The van der Waals surface area contributed by atoms with Gasteiger partial charge in [-0.2, -0.15) is 36.5 Å². The third kappa shape index (κ3) is 3.63. The predicted octanol–water partition coefficient (Wildman–Crippen LogP) is 4.64. The average Bonchev–Trinajstić information content (AvgIpc) is 2.61. The molecule has 0 bridgehead atoms. The first-order valence-electron chi connectivity index (χ1n) is 7.06. The van der Waals surface area contributed by atoms with Crippen LogP contribution in [0.15, 0.2) is 48.8 Å². The van der Waals surface area contributed by atoms with Crippen LogP contribution in [-0.2, 0) is 12.4 Å². The SMILES string of the molecule is FC(F)(F)c1ccc(-c2ccc(-c3ccnnc3)nn2)cc1C(F)(F)F. The predicted molar refractivity (Wildman–Crippen MR) is 78.5 cm³/mol. The van der Waals surface area contributed by atoms with E-state index < -0.39 is 23.5 Å². The summed E-state index contributed by atoms with van der Waals surface area (Å²) in [6.07, 6.45) is -7.43. The van der Waals surface area contributed by atoms with Gasteiger partial charge in [-0.25, -0.2) is 0 Å². The molecule has 0 fully saturated rings. The summed E-state index contributed by atoms with van der Waals surface area (Å²) in [6.45, 7) is 0. The second kappa shape index (κ2) is 6.36. The standard InChI is InChI=1S/C16H8F6N4/c17-15(18,19)11-2-1-9(7-12(11)16(20,21)22)13-3-4-14(26-25-13)10-5-6-23-24-8-10/h1-8H. The van der Waals surface area contributed by atoms with Gasteiger partial charge >= 0.3 is 12.4 Å². The maximum atomic E-state index is 13.0. The van der Waals surface area contributed by atoms with Crippen LogP contribution < -0.4 is 0 Å². The quantitative estimate of drug-likeness (QED) is 0.617. The lowest BCUT2D eigenvalue weighted by Gasteiger charge is -2.16. The first kappa shape index (κ1) is 17.8. The van der Waals surface area contributed by atoms with E-state index in [1.807, 2.05) is 0 Å². The molecule has 0 unspecified atom stereocenters. The molecule has 0 amide bonds. The molecular formula is C16H8F6N4. The van der Waals surface area contributed by atoms with E-state index in [2.05, 4.69) is 20.4 Å². The number of nitrogens with zero attached hydrogens (tertiary/aromatic N) is 4. The van der Waals surface area contributed by atoms with E-state index in [1.165, 1.54) is 24.5 Å². The molecule has 0 saturated heterocycles. The Kier molecular flexibility index (Phi) is 4.34. The normalized spacial score (nSPS) is 12.2. The van der Waals surface area contributed by atoms with E-state index in [9.17, 15) is 26.3 Å². The molecule has 0 saturated carbocycles. The van der Waals surface area contributed by atoms with Crippen LogP contribution in [0.2, 0.25) is 0 Å². The highest BCUT2D eigenvalue weighted by Crippen LogP contribution is 2.41. The molecule has 0 aliphatic rings. The van der Waals surface area contributed by atoms with Crippen molar-refractivity contribution in [3.05, 3.63) is 59.9 Å². The number of halogens is 6. The second-order valence-corrected chi connectivity index (χ2v) is 5.19. The lowest BCUT2D eigenvalue weighted by Crippen LogP contribution is -2.16. The highest BCUT2D eigenvalue weighted by atomic mass is 19.4. The Bertz CT molecular complexity index is 905. The molecule has 0 atom stereocenters. The maximum absolute atomic E-state index is 13.0. The summed E-state index contributed by atoms with van der Waals surface area (Å²) in [6, 6.07) is 6.18. The largest absolute Gasteiger partial charge is 0.417 e. The molecular weight excluding hydrogens is 362 g/mol. The maximum Gasteiger partial charge on any atom is 0.417 e. The van der Waals surface area contributed by atoms with E-state index >= 15 is 0 Å². The fourth-order valence-electron chi connectivity index (χ4n) is 2.27. The van der Waals surface area contributed by atoms with Gasteiger partial charge in [0.2, 0.25) is 0 Å². The Morgan fingerprint density at radius 2 is 1.23 bits per heavy atom. The van der Waals surface area contributed by atoms with Gasteiger partial charge in [-0.3, -0.25) is 0 Å². The van der Waals surface area contributed by atoms with Crippen molar-refractivity contribution in [2.45, 2.75) is 12.4 Å². The van der Waals surface area contributed by atoms with Crippen molar-refractivity contribution in [1.82, 2.24) is 20.4 Å². The van der Waals surface area contributed by atoms with E-state index in [-0.39, 0.29) is 11.3 Å². The van der Waals surface area contributed by atoms with Gasteiger partial charge in [-0.05, 0) is 30.3 Å². The fourth-order valence-corrected chi connectivity index (χ4v) is 2.27. The average molecular weight is 370 g/mol. The minimum absolute atomic E-state index is 0.00925. The number of rotatable bonds is 2. The van der Waals surface area contributed by atoms with Crippen LogP contribution in [0.3, 0.4) is 0 Å². The van der Waals surface area contributed by atoms with Crippen molar-refractivity contribution in [3.63, 3.8) is 0 Å². The lowest BCUT2D eigenvalue weighted by molar-refractivity contribution is -0.162. The number of benzene rings is 1. The molecule has 3 aromatic rings. The van der Waals surface area contributed by atoms with Gasteiger partial charge in [-0.1, -0.05) is 6.07 Å². The second-order valence-electron chi connectivity index (χ2n) is 5.19. The number of hydrogen-bond acceptors (Lipinski definition) is 4. The molecule has 10 heteroatoms. The van der Waals surface area contributed by atoms with E-state index in [0.717, 1.165) is 6.07 Å². The van der Waals surface area contributed by atoms with Crippen LogP contribution in [0.25, 0.3) is 22.5 Å². The molecule has 1 aromatic carbocycles. The van der Waals surface area contributed by atoms with Crippen molar-refractivity contribution < 1.29 is 26.3 Å². The molecule has 134 valence electrons. The molecule has 0 radical (unpaired) electrons. The van der Waals surface area contributed by atoms with E-state index in [0.29, 0.717) is 23.4 Å². The van der Waals surface area contributed by atoms with Crippen molar-refractivity contribution in [2.75, 3.05) is 0 Å². The molecule has 2 heterocycles.